The molecule has 0 bridgehead atoms. The molecule has 7 nitrogen and oxygen atoms in total. The molecule has 0 spiro atoms. The van der Waals surface area contributed by atoms with Crippen molar-refractivity contribution in [3.63, 3.8) is 0 Å². The summed E-state index contributed by atoms with van der Waals surface area (Å²) in [7, 11) is 1.43. The molecular weight excluding hydrogens is 497 g/mol. The van der Waals surface area contributed by atoms with E-state index in [9.17, 15) is 14.3 Å². The highest BCUT2D eigenvalue weighted by molar-refractivity contribution is 5.73. The third-order valence-electron chi connectivity index (χ3n) is 9.70. The molecule has 2 aliphatic carbocycles. The number of hydrogen-bond acceptors (Lipinski definition) is 7. The molecule has 0 aromatic carbocycles. The van der Waals surface area contributed by atoms with Gasteiger partial charge in [-0.25, -0.2) is 4.39 Å². The summed E-state index contributed by atoms with van der Waals surface area (Å²) in [5.41, 5.74) is 4.78. The van der Waals surface area contributed by atoms with Gasteiger partial charge in [0.1, 0.15) is 12.4 Å². The Labute approximate surface area is 233 Å². The van der Waals surface area contributed by atoms with Crippen molar-refractivity contribution in [1.29, 1.82) is 0 Å². The zero-order valence-corrected chi connectivity index (χ0v) is 24.1. The number of rotatable bonds is 7. The van der Waals surface area contributed by atoms with Crippen molar-refractivity contribution in [3.8, 4) is 0 Å². The van der Waals surface area contributed by atoms with E-state index in [1.165, 1.54) is 18.3 Å². The van der Waals surface area contributed by atoms with Crippen LogP contribution in [0.5, 0.6) is 0 Å². The number of esters is 1. The minimum atomic E-state index is -0.694. The van der Waals surface area contributed by atoms with Gasteiger partial charge in [-0.1, -0.05) is 13.0 Å². The fourth-order valence-corrected chi connectivity index (χ4v) is 7.75. The summed E-state index contributed by atoms with van der Waals surface area (Å²) in [6.45, 7) is 9.65. The van der Waals surface area contributed by atoms with Gasteiger partial charge in [0.05, 0.1) is 25.4 Å². The lowest BCUT2D eigenvalue weighted by Crippen LogP contribution is -2.54. The highest BCUT2D eigenvalue weighted by Gasteiger charge is 2.39. The van der Waals surface area contributed by atoms with Crippen molar-refractivity contribution >= 4 is 5.97 Å². The second-order valence-electron chi connectivity index (χ2n) is 12.3. The molecule has 1 saturated heterocycles. The number of alkyl halides is 1. The number of carbonyl (C=O) groups is 1. The normalized spacial score (nSPS) is 33.4. The largest absolute Gasteiger partial charge is 0.498 e. The minimum Gasteiger partial charge on any atom is -0.498 e. The molecule has 0 aromatic rings. The monoisotopic (exact) mass is 545 g/mol. The smallest absolute Gasteiger partial charge is 0.310 e. The lowest BCUT2D eigenvalue weighted by molar-refractivity contribution is -0.145. The Morgan fingerprint density at radius 1 is 1.18 bits per heavy atom. The molecule has 5 rings (SSSR count). The Morgan fingerprint density at radius 2 is 1.97 bits per heavy atom. The van der Waals surface area contributed by atoms with Crippen LogP contribution in [0.3, 0.4) is 0 Å². The highest BCUT2D eigenvalue weighted by atomic mass is 19.1. The van der Waals surface area contributed by atoms with Crippen molar-refractivity contribution < 1.29 is 23.8 Å². The maximum Gasteiger partial charge on any atom is 0.310 e. The number of nitrogens with one attached hydrogen (secondary N) is 1. The predicted octanol–water partition coefficient (Wildman–Crippen LogP) is 4.30. The fraction of sp³-hybridized carbons (Fsp3) is 0.774. The molecule has 8 heteroatoms. The summed E-state index contributed by atoms with van der Waals surface area (Å²) in [6, 6.07) is 0.358. The van der Waals surface area contributed by atoms with Crippen LogP contribution in [-0.2, 0) is 14.3 Å². The average Bonchev–Trinajstić information content (AvgIpc) is 2.94. The molecular formula is C31H48FN3O4. The molecule has 1 fully saturated rings. The van der Waals surface area contributed by atoms with Gasteiger partial charge in [-0.05, 0) is 93.5 Å². The van der Waals surface area contributed by atoms with Gasteiger partial charge in [0.15, 0.2) is 0 Å². The van der Waals surface area contributed by atoms with E-state index < -0.39 is 12.4 Å². The Morgan fingerprint density at radius 3 is 2.67 bits per heavy atom. The van der Waals surface area contributed by atoms with Gasteiger partial charge >= 0.3 is 5.97 Å². The van der Waals surface area contributed by atoms with Crippen LogP contribution in [0.25, 0.3) is 0 Å². The molecule has 0 amide bonds. The van der Waals surface area contributed by atoms with E-state index in [1.807, 2.05) is 0 Å². The number of aliphatic hydroxyl groups is 1. The number of ether oxygens (including phenoxy) is 2. The standard InChI is InChI=1S/C31H48FN3O4/c1-4-39-28-16-21(15-20(2)29(28)22-5-7-24(32)8-6-22)19-34-12-9-25(10-13-34)35-14-11-27-26(30(35)36)17-23(18-33-27)31(37)38-3/h5,20-21,23-25,30,33,36H,4,6-19H2,1-3H3/t20-,21+,23-,24-,30?/m0/s1. The first-order valence-electron chi connectivity index (χ1n) is 15.3. The number of methoxy groups -OCH3 is 1. The van der Waals surface area contributed by atoms with Crippen LogP contribution in [0.4, 0.5) is 4.39 Å². The van der Waals surface area contributed by atoms with Crippen LogP contribution in [-0.4, -0.2) is 85.8 Å². The van der Waals surface area contributed by atoms with E-state index in [4.69, 9.17) is 9.47 Å². The van der Waals surface area contributed by atoms with E-state index in [-0.39, 0.29) is 11.9 Å². The Hall–Kier alpha value is -1.90. The van der Waals surface area contributed by atoms with Gasteiger partial charge < -0.3 is 24.8 Å². The lowest BCUT2D eigenvalue weighted by Gasteiger charge is -2.46. The molecule has 1 unspecified atom stereocenters. The maximum atomic E-state index is 13.8. The molecule has 3 heterocycles. The van der Waals surface area contributed by atoms with Crippen LogP contribution in [0.1, 0.15) is 71.6 Å². The van der Waals surface area contributed by atoms with Crippen molar-refractivity contribution in [2.45, 2.75) is 90.1 Å². The van der Waals surface area contributed by atoms with Gasteiger partial charge in [-0.2, -0.15) is 0 Å². The molecule has 218 valence electrons. The Kier molecular flexibility index (Phi) is 9.35. The zero-order chi connectivity index (χ0) is 27.5. The van der Waals surface area contributed by atoms with Crippen LogP contribution in [0, 0.1) is 17.8 Å². The van der Waals surface area contributed by atoms with E-state index in [2.05, 4.69) is 35.0 Å². The summed E-state index contributed by atoms with van der Waals surface area (Å²) in [6.07, 6.45) is 8.50. The molecule has 2 N–H and O–H groups in total. The predicted molar refractivity (Wildman–Crippen MR) is 149 cm³/mol. The number of aliphatic hydroxyl groups excluding tert-OH is 1. The average molecular weight is 546 g/mol. The summed E-state index contributed by atoms with van der Waals surface area (Å²) >= 11 is 0. The van der Waals surface area contributed by atoms with E-state index in [1.54, 1.807) is 0 Å². The van der Waals surface area contributed by atoms with Crippen molar-refractivity contribution in [3.05, 3.63) is 34.3 Å². The van der Waals surface area contributed by atoms with Gasteiger partial charge in [0.25, 0.3) is 0 Å². The second-order valence-corrected chi connectivity index (χ2v) is 12.3. The van der Waals surface area contributed by atoms with Gasteiger partial charge in [-0.15, -0.1) is 0 Å². The molecule has 0 saturated carbocycles. The number of allylic oxidation sites excluding steroid dienone is 4. The summed E-state index contributed by atoms with van der Waals surface area (Å²) < 4.78 is 24.9. The van der Waals surface area contributed by atoms with Crippen LogP contribution in [0.2, 0.25) is 0 Å². The first kappa shape index (κ1) is 28.6. The maximum absolute atomic E-state index is 13.8. The van der Waals surface area contributed by atoms with E-state index in [0.29, 0.717) is 50.3 Å². The number of likely N-dealkylation sites (tertiary alicyclic amines) is 1. The molecule has 3 aliphatic heterocycles. The number of carbonyl (C=O) groups excluding carboxylic acids is 1. The number of hydrogen-bond donors (Lipinski definition) is 2. The van der Waals surface area contributed by atoms with Crippen LogP contribution < -0.4 is 5.32 Å². The molecule has 0 aromatic heterocycles. The van der Waals surface area contributed by atoms with Gasteiger partial charge in [0.2, 0.25) is 0 Å². The van der Waals surface area contributed by atoms with E-state index in [0.717, 1.165) is 81.7 Å². The van der Waals surface area contributed by atoms with Gasteiger partial charge in [0, 0.05) is 44.2 Å². The van der Waals surface area contributed by atoms with Crippen LogP contribution >= 0.6 is 0 Å². The quantitative estimate of drug-likeness (QED) is 0.462. The number of halogens is 1. The Balaban J connectivity index is 1.16. The SMILES string of the molecule is CCOC1=C(C2=CC[C@H](F)CC2)[C@@H](C)C[C@@H](CN2CCC(N3CCC4=C(C[C@H](C(=O)OC)CN4)C3O)CC2)C1. The van der Waals surface area contributed by atoms with Crippen LogP contribution in [0.15, 0.2) is 34.3 Å². The third kappa shape index (κ3) is 6.38. The fourth-order valence-electron chi connectivity index (χ4n) is 7.75. The first-order valence-corrected chi connectivity index (χ1v) is 15.3. The second kappa shape index (κ2) is 12.7. The number of nitrogens with zero attached hydrogens (tertiary/aromatic N) is 2. The summed E-state index contributed by atoms with van der Waals surface area (Å²) in [4.78, 5) is 17.0. The van der Waals surface area contributed by atoms with Gasteiger partial charge in [-0.3, -0.25) is 9.69 Å². The van der Waals surface area contributed by atoms with Crippen molar-refractivity contribution in [1.82, 2.24) is 15.1 Å². The molecule has 5 aliphatic rings. The zero-order valence-electron chi connectivity index (χ0n) is 24.1. The topological polar surface area (TPSA) is 74.3 Å². The molecule has 0 radical (unpaired) electrons. The lowest BCUT2D eigenvalue weighted by atomic mass is 9.75. The summed E-state index contributed by atoms with van der Waals surface area (Å²) in [5.74, 6) is 1.72. The first-order chi connectivity index (χ1) is 18.9. The molecule has 5 atom stereocenters. The third-order valence-corrected chi connectivity index (χ3v) is 9.70. The van der Waals surface area contributed by atoms with Crippen molar-refractivity contribution in [2.75, 3.05) is 46.4 Å². The Bertz CT molecular complexity index is 986. The van der Waals surface area contributed by atoms with Crippen molar-refractivity contribution in [2.24, 2.45) is 17.8 Å². The van der Waals surface area contributed by atoms with E-state index >= 15 is 0 Å². The molecule has 39 heavy (non-hydrogen) atoms. The highest BCUT2D eigenvalue weighted by Crippen LogP contribution is 2.42. The summed E-state index contributed by atoms with van der Waals surface area (Å²) in [5, 5.41) is 14.7. The number of piperidine rings is 1. The minimum absolute atomic E-state index is 0.206.